The number of alkyl halides is 1. The topological polar surface area (TPSA) is 18.5 Å². The predicted molar refractivity (Wildman–Crippen MR) is 73.7 cm³/mol. The number of hydrogen-bond acceptors (Lipinski definition) is 2. The van der Waals surface area contributed by atoms with Gasteiger partial charge in [0.25, 0.3) is 0 Å². The normalized spacial score (nSPS) is 10.6. The first-order valence-corrected chi connectivity index (χ1v) is 7.17. The van der Waals surface area contributed by atoms with Gasteiger partial charge >= 0.3 is 0 Å². The van der Waals surface area contributed by atoms with Gasteiger partial charge in [-0.1, -0.05) is 15.9 Å². The van der Waals surface area contributed by atoms with Crippen molar-refractivity contribution in [3.63, 3.8) is 0 Å². The van der Waals surface area contributed by atoms with Crippen molar-refractivity contribution >= 4 is 31.9 Å². The molecule has 1 aromatic carbocycles. The molecule has 16 heavy (non-hydrogen) atoms. The Labute approximate surface area is 114 Å². The highest BCUT2D eigenvalue weighted by molar-refractivity contribution is 9.10. The minimum Gasteiger partial charge on any atom is -0.490 e. The van der Waals surface area contributed by atoms with E-state index in [1.807, 2.05) is 32.9 Å². The first-order chi connectivity index (χ1) is 7.58. The molecule has 0 N–H and O–H groups in total. The molecular formula is C12H16Br2O2. The molecule has 0 saturated heterocycles. The molecule has 1 aromatic rings. The maximum atomic E-state index is 5.74. The van der Waals surface area contributed by atoms with Gasteiger partial charge in [0.05, 0.1) is 17.2 Å². The minimum atomic E-state index is 0.130. The van der Waals surface area contributed by atoms with Crippen molar-refractivity contribution in [3.8, 4) is 11.5 Å². The maximum absolute atomic E-state index is 5.74. The van der Waals surface area contributed by atoms with Crippen molar-refractivity contribution in [2.24, 2.45) is 0 Å². The van der Waals surface area contributed by atoms with Gasteiger partial charge in [0.15, 0.2) is 11.5 Å². The molecule has 0 aromatic heterocycles. The fourth-order valence-corrected chi connectivity index (χ4v) is 2.22. The van der Waals surface area contributed by atoms with Gasteiger partial charge in [-0.3, -0.25) is 0 Å². The summed E-state index contributed by atoms with van der Waals surface area (Å²) in [7, 11) is 0. The Morgan fingerprint density at radius 3 is 2.50 bits per heavy atom. The molecule has 0 aliphatic heterocycles. The predicted octanol–water partition coefficient (Wildman–Crippen LogP) is 4.53. The van der Waals surface area contributed by atoms with Gasteiger partial charge in [-0.05, 0) is 54.4 Å². The Morgan fingerprint density at radius 2 is 2.00 bits per heavy atom. The zero-order valence-corrected chi connectivity index (χ0v) is 12.9. The van der Waals surface area contributed by atoms with Crippen molar-refractivity contribution < 1.29 is 9.47 Å². The van der Waals surface area contributed by atoms with Crippen LogP contribution in [-0.4, -0.2) is 12.7 Å². The van der Waals surface area contributed by atoms with Gasteiger partial charge in [0, 0.05) is 5.33 Å². The van der Waals surface area contributed by atoms with E-state index in [2.05, 4.69) is 31.9 Å². The van der Waals surface area contributed by atoms with Gasteiger partial charge < -0.3 is 9.47 Å². The van der Waals surface area contributed by atoms with Crippen molar-refractivity contribution in [2.75, 3.05) is 6.61 Å². The van der Waals surface area contributed by atoms with Gasteiger partial charge in [-0.25, -0.2) is 0 Å². The second-order valence-corrected chi connectivity index (χ2v) is 5.05. The molecule has 0 atom stereocenters. The molecule has 2 nitrogen and oxygen atoms in total. The molecule has 90 valence electrons. The minimum absolute atomic E-state index is 0.130. The Hall–Kier alpha value is -0.220. The van der Waals surface area contributed by atoms with Gasteiger partial charge in [0.1, 0.15) is 0 Å². The molecule has 0 spiro atoms. The van der Waals surface area contributed by atoms with E-state index in [0.29, 0.717) is 6.61 Å². The highest BCUT2D eigenvalue weighted by Gasteiger charge is 2.13. The lowest BCUT2D eigenvalue weighted by molar-refractivity contribution is 0.222. The first kappa shape index (κ1) is 13.8. The monoisotopic (exact) mass is 350 g/mol. The SMILES string of the molecule is CCOc1cc(CBr)cc(Br)c1OC(C)C. The van der Waals surface area contributed by atoms with Crippen molar-refractivity contribution in [1.29, 1.82) is 0 Å². The summed E-state index contributed by atoms with van der Waals surface area (Å²) in [6.45, 7) is 6.60. The van der Waals surface area contributed by atoms with Crippen molar-refractivity contribution in [3.05, 3.63) is 22.2 Å². The van der Waals surface area contributed by atoms with Crippen LogP contribution in [0, 0.1) is 0 Å². The summed E-state index contributed by atoms with van der Waals surface area (Å²) >= 11 is 6.95. The van der Waals surface area contributed by atoms with E-state index in [-0.39, 0.29) is 6.10 Å². The Balaban J connectivity index is 3.11. The summed E-state index contributed by atoms with van der Waals surface area (Å²) in [5.41, 5.74) is 1.16. The third-order valence-corrected chi connectivity index (χ3v) is 3.11. The second-order valence-electron chi connectivity index (χ2n) is 3.64. The molecule has 0 heterocycles. The van der Waals surface area contributed by atoms with Crippen LogP contribution in [0.2, 0.25) is 0 Å². The van der Waals surface area contributed by atoms with Crippen LogP contribution in [0.3, 0.4) is 0 Å². The third-order valence-electron chi connectivity index (χ3n) is 1.88. The van der Waals surface area contributed by atoms with E-state index < -0.39 is 0 Å². The average molecular weight is 352 g/mol. The molecule has 0 amide bonds. The van der Waals surface area contributed by atoms with E-state index in [1.165, 1.54) is 0 Å². The highest BCUT2D eigenvalue weighted by atomic mass is 79.9. The zero-order chi connectivity index (χ0) is 12.1. The molecule has 0 radical (unpaired) electrons. The molecule has 0 saturated carbocycles. The Kier molecular flexibility index (Phi) is 5.62. The molecule has 0 unspecified atom stereocenters. The van der Waals surface area contributed by atoms with Crippen LogP contribution in [-0.2, 0) is 5.33 Å². The molecule has 0 aliphatic carbocycles. The van der Waals surface area contributed by atoms with E-state index in [4.69, 9.17) is 9.47 Å². The molecule has 4 heteroatoms. The van der Waals surface area contributed by atoms with Crippen LogP contribution >= 0.6 is 31.9 Å². The molecule has 0 fully saturated rings. The van der Waals surface area contributed by atoms with Gasteiger partial charge in [0.2, 0.25) is 0 Å². The summed E-state index contributed by atoms with van der Waals surface area (Å²) in [5, 5.41) is 0.799. The third kappa shape index (κ3) is 3.67. The lowest BCUT2D eigenvalue weighted by Gasteiger charge is -2.17. The molecule has 1 rings (SSSR count). The largest absolute Gasteiger partial charge is 0.490 e. The van der Waals surface area contributed by atoms with Crippen LogP contribution in [0.5, 0.6) is 11.5 Å². The smallest absolute Gasteiger partial charge is 0.175 e. The van der Waals surface area contributed by atoms with Gasteiger partial charge in [-0.2, -0.15) is 0 Å². The number of rotatable bonds is 5. The summed E-state index contributed by atoms with van der Waals surface area (Å²) in [4.78, 5) is 0. The molecule has 0 bridgehead atoms. The summed E-state index contributed by atoms with van der Waals surface area (Å²) in [5.74, 6) is 1.57. The maximum Gasteiger partial charge on any atom is 0.175 e. The van der Waals surface area contributed by atoms with Crippen LogP contribution in [0.15, 0.2) is 16.6 Å². The molecular weight excluding hydrogens is 336 g/mol. The Bertz CT molecular complexity index is 351. The van der Waals surface area contributed by atoms with E-state index in [9.17, 15) is 0 Å². The number of hydrogen-bond donors (Lipinski definition) is 0. The zero-order valence-electron chi connectivity index (χ0n) is 9.72. The quantitative estimate of drug-likeness (QED) is 0.725. The summed E-state index contributed by atoms with van der Waals surface area (Å²) in [6.07, 6.45) is 0.130. The number of halogens is 2. The van der Waals surface area contributed by atoms with E-state index >= 15 is 0 Å². The lowest BCUT2D eigenvalue weighted by Crippen LogP contribution is -2.08. The Morgan fingerprint density at radius 1 is 1.31 bits per heavy atom. The number of ether oxygens (including phenoxy) is 2. The van der Waals surface area contributed by atoms with Crippen LogP contribution in [0.25, 0.3) is 0 Å². The fourth-order valence-electron chi connectivity index (χ4n) is 1.31. The van der Waals surface area contributed by atoms with Crippen LogP contribution in [0.1, 0.15) is 26.3 Å². The highest BCUT2D eigenvalue weighted by Crippen LogP contribution is 2.38. The molecule has 0 aliphatic rings. The van der Waals surface area contributed by atoms with E-state index in [0.717, 1.165) is 26.9 Å². The average Bonchev–Trinajstić information content (AvgIpc) is 2.22. The number of benzene rings is 1. The van der Waals surface area contributed by atoms with Crippen molar-refractivity contribution in [2.45, 2.75) is 32.2 Å². The van der Waals surface area contributed by atoms with Gasteiger partial charge in [-0.15, -0.1) is 0 Å². The van der Waals surface area contributed by atoms with E-state index in [1.54, 1.807) is 0 Å². The van der Waals surface area contributed by atoms with Crippen LogP contribution < -0.4 is 9.47 Å². The first-order valence-electron chi connectivity index (χ1n) is 5.26. The summed E-state index contributed by atoms with van der Waals surface area (Å²) < 4.78 is 12.3. The van der Waals surface area contributed by atoms with Crippen LogP contribution in [0.4, 0.5) is 0 Å². The standard InChI is InChI=1S/C12H16Br2O2/c1-4-15-11-6-9(7-13)5-10(14)12(11)16-8(2)3/h5-6,8H,4,7H2,1-3H3. The fraction of sp³-hybridized carbons (Fsp3) is 0.500. The summed E-state index contributed by atoms with van der Waals surface area (Å²) in [6, 6.07) is 4.04. The van der Waals surface area contributed by atoms with Crippen molar-refractivity contribution in [1.82, 2.24) is 0 Å². The second kappa shape index (κ2) is 6.50. The lowest BCUT2D eigenvalue weighted by atomic mass is 10.2.